The quantitative estimate of drug-likeness (QED) is 0.750. The Morgan fingerprint density at radius 1 is 1.09 bits per heavy atom. The highest BCUT2D eigenvalue weighted by atomic mass is 16.4. The van der Waals surface area contributed by atoms with E-state index in [-0.39, 0.29) is 28.2 Å². The summed E-state index contributed by atoms with van der Waals surface area (Å²) in [5.74, 6) is -1.88. The molecule has 7 heteroatoms. The van der Waals surface area contributed by atoms with Crippen LogP contribution in [0.4, 0.5) is 5.69 Å². The van der Waals surface area contributed by atoms with E-state index >= 15 is 0 Å². The SMILES string of the molecule is CC(C)(C)c1ccc(O)c(NC(=O)c2cnc(C(=O)O)cn2)c1. The van der Waals surface area contributed by atoms with Gasteiger partial charge in [-0.15, -0.1) is 0 Å². The summed E-state index contributed by atoms with van der Waals surface area (Å²) in [7, 11) is 0. The van der Waals surface area contributed by atoms with Crippen molar-refractivity contribution < 1.29 is 19.8 Å². The van der Waals surface area contributed by atoms with E-state index in [1.54, 1.807) is 12.1 Å². The molecule has 0 radical (unpaired) electrons. The second-order valence-corrected chi connectivity index (χ2v) is 6.03. The standard InChI is InChI=1S/C16H17N3O4/c1-16(2,3)9-4-5-13(20)10(6-9)19-14(21)11-7-18-12(8-17-11)15(22)23/h4-8,20H,1-3H3,(H,19,21)(H,22,23). The van der Waals surface area contributed by atoms with Crippen LogP contribution in [-0.2, 0) is 5.41 Å². The third kappa shape index (κ3) is 3.82. The number of phenolic OH excluding ortho intramolecular Hbond substituents is 1. The molecule has 0 unspecified atom stereocenters. The predicted molar refractivity (Wildman–Crippen MR) is 83.8 cm³/mol. The molecule has 0 saturated heterocycles. The van der Waals surface area contributed by atoms with Crippen LogP contribution in [-0.4, -0.2) is 32.1 Å². The highest BCUT2D eigenvalue weighted by molar-refractivity contribution is 6.03. The molecule has 7 nitrogen and oxygen atoms in total. The molecule has 0 aliphatic heterocycles. The van der Waals surface area contributed by atoms with Gasteiger partial charge in [0.25, 0.3) is 5.91 Å². The number of rotatable bonds is 3. The number of carboxylic acids is 1. The van der Waals surface area contributed by atoms with Crippen molar-refractivity contribution in [3.05, 3.63) is 47.5 Å². The van der Waals surface area contributed by atoms with E-state index in [2.05, 4.69) is 15.3 Å². The molecule has 23 heavy (non-hydrogen) atoms. The number of carboxylic acid groups (broad SMARTS) is 1. The fourth-order valence-corrected chi connectivity index (χ4v) is 1.84. The van der Waals surface area contributed by atoms with Gasteiger partial charge < -0.3 is 15.5 Å². The summed E-state index contributed by atoms with van der Waals surface area (Å²) in [6.45, 7) is 6.04. The van der Waals surface area contributed by atoms with E-state index in [0.717, 1.165) is 18.0 Å². The largest absolute Gasteiger partial charge is 0.506 e. The van der Waals surface area contributed by atoms with Gasteiger partial charge in [0, 0.05) is 0 Å². The molecule has 0 fully saturated rings. The van der Waals surface area contributed by atoms with Crippen LogP contribution in [0.15, 0.2) is 30.6 Å². The van der Waals surface area contributed by atoms with Crippen molar-refractivity contribution in [2.75, 3.05) is 5.32 Å². The van der Waals surface area contributed by atoms with Gasteiger partial charge in [0.15, 0.2) is 5.69 Å². The molecule has 120 valence electrons. The second kappa shape index (κ2) is 6.04. The summed E-state index contributed by atoms with van der Waals surface area (Å²) in [6.07, 6.45) is 2.08. The number of amides is 1. The van der Waals surface area contributed by atoms with Gasteiger partial charge in [0.1, 0.15) is 11.4 Å². The summed E-state index contributed by atoms with van der Waals surface area (Å²) in [5.41, 5.74) is 0.759. The molecule has 0 aliphatic carbocycles. The highest BCUT2D eigenvalue weighted by Crippen LogP contribution is 2.30. The maximum Gasteiger partial charge on any atom is 0.356 e. The van der Waals surface area contributed by atoms with Gasteiger partial charge in [-0.3, -0.25) is 4.79 Å². The Bertz CT molecular complexity index is 749. The number of anilines is 1. The molecule has 0 atom stereocenters. The number of hydrogen-bond acceptors (Lipinski definition) is 5. The van der Waals surface area contributed by atoms with Crippen LogP contribution < -0.4 is 5.32 Å². The Kier molecular flexibility index (Phi) is 4.31. The van der Waals surface area contributed by atoms with Crippen molar-refractivity contribution in [2.24, 2.45) is 0 Å². The van der Waals surface area contributed by atoms with E-state index in [9.17, 15) is 14.7 Å². The lowest BCUT2D eigenvalue weighted by Gasteiger charge is -2.20. The fraction of sp³-hybridized carbons (Fsp3) is 0.250. The van der Waals surface area contributed by atoms with E-state index in [0.29, 0.717) is 0 Å². The Morgan fingerprint density at radius 2 is 1.70 bits per heavy atom. The summed E-state index contributed by atoms with van der Waals surface area (Å²) < 4.78 is 0. The van der Waals surface area contributed by atoms with Crippen molar-refractivity contribution in [1.29, 1.82) is 0 Å². The van der Waals surface area contributed by atoms with Gasteiger partial charge >= 0.3 is 5.97 Å². The highest BCUT2D eigenvalue weighted by Gasteiger charge is 2.17. The smallest absolute Gasteiger partial charge is 0.356 e. The van der Waals surface area contributed by atoms with Crippen LogP contribution in [0.3, 0.4) is 0 Å². The molecule has 2 aromatic rings. The minimum absolute atomic E-state index is 0.0458. The van der Waals surface area contributed by atoms with Crippen molar-refractivity contribution in [1.82, 2.24) is 9.97 Å². The molecule has 1 aromatic carbocycles. The number of aromatic nitrogens is 2. The molecular formula is C16H17N3O4. The molecule has 2 rings (SSSR count). The number of phenols is 1. The predicted octanol–water partition coefficient (Wildman–Crippen LogP) is 2.43. The molecule has 0 bridgehead atoms. The average molecular weight is 315 g/mol. The number of aromatic carboxylic acids is 1. The molecule has 1 aromatic heterocycles. The van der Waals surface area contributed by atoms with Gasteiger partial charge in [-0.05, 0) is 23.1 Å². The van der Waals surface area contributed by atoms with Crippen LogP contribution >= 0.6 is 0 Å². The zero-order valence-electron chi connectivity index (χ0n) is 13.0. The van der Waals surface area contributed by atoms with E-state index in [1.165, 1.54) is 6.07 Å². The van der Waals surface area contributed by atoms with Crippen molar-refractivity contribution >= 4 is 17.6 Å². The third-order valence-electron chi connectivity index (χ3n) is 3.21. The summed E-state index contributed by atoms with van der Waals surface area (Å²) in [5, 5.41) is 21.2. The van der Waals surface area contributed by atoms with Crippen LogP contribution in [0.1, 0.15) is 47.3 Å². The number of benzene rings is 1. The van der Waals surface area contributed by atoms with Crippen LogP contribution in [0.25, 0.3) is 0 Å². The molecular weight excluding hydrogens is 298 g/mol. The van der Waals surface area contributed by atoms with Crippen molar-refractivity contribution in [2.45, 2.75) is 26.2 Å². The lowest BCUT2D eigenvalue weighted by atomic mass is 9.87. The third-order valence-corrected chi connectivity index (χ3v) is 3.21. The molecule has 1 heterocycles. The lowest BCUT2D eigenvalue weighted by molar-refractivity contribution is 0.0689. The number of carbonyl (C=O) groups is 2. The Balaban J connectivity index is 2.24. The van der Waals surface area contributed by atoms with Gasteiger partial charge in [0.2, 0.25) is 0 Å². The molecule has 3 N–H and O–H groups in total. The summed E-state index contributed by atoms with van der Waals surface area (Å²) in [6, 6.07) is 4.98. The van der Waals surface area contributed by atoms with Crippen LogP contribution in [0.2, 0.25) is 0 Å². The summed E-state index contributed by atoms with van der Waals surface area (Å²) in [4.78, 5) is 30.2. The first-order chi connectivity index (χ1) is 10.7. The number of nitrogens with one attached hydrogen (secondary N) is 1. The monoisotopic (exact) mass is 315 g/mol. The first-order valence-corrected chi connectivity index (χ1v) is 6.88. The average Bonchev–Trinajstić information content (AvgIpc) is 2.48. The molecule has 0 spiro atoms. The van der Waals surface area contributed by atoms with E-state index in [4.69, 9.17) is 5.11 Å². The van der Waals surface area contributed by atoms with E-state index in [1.807, 2.05) is 20.8 Å². The molecule has 0 aliphatic rings. The lowest BCUT2D eigenvalue weighted by Crippen LogP contribution is -2.16. The first-order valence-electron chi connectivity index (χ1n) is 6.88. The maximum absolute atomic E-state index is 12.1. The van der Waals surface area contributed by atoms with E-state index < -0.39 is 11.9 Å². The maximum atomic E-state index is 12.1. The first kappa shape index (κ1) is 16.4. The van der Waals surface area contributed by atoms with Gasteiger partial charge in [0.05, 0.1) is 18.1 Å². The number of nitrogens with zero attached hydrogens (tertiary/aromatic N) is 2. The molecule has 0 saturated carbocycles. The topological polar surface area (TPSA) is 112 Å². The Hall–Kier alpha value is -2.96. The zero-order chi connectivity index (χ0) is 17.2. The second-order valence-electron chi connectivity index (χ2n) is 6.03. The Morgan fingerprint density at radius 3 is 2.22 bits per heavy atom. The zero-order valence-corrected chi connectivity index (χ0v) is 13.0. The molecule has 1 amide bonds. The fourth-order valence-electron chi connectivity index (χ4n) is 1.84. The van der Waals surface area contributed by atoms with Gasteiger partial charge in [-0.25, -0.2) is 14.8 Å². The van der Waals surface area contributed by atoms with Crippen LogP contribution in [0.5, 0.6) is 5.75 Å². The minimum Gasteiger partial charge on any atom is -0.506 e. The minimum atomic E-state index is -1.22. The van der Waals surface area contributed by atoms with Gasteiger partial charge in [-0.2, -0.15) is 0 Å². The summed E-state index contributed by atoms with van der Waals surface area (Å²) >= 11 is 0. The number of aromatic hydroxyl groups is 1. The van der Waals surface area contributed by atoms with Crippen molar-refractivity contribution in [3.63, 3.8) is 0 Å². The Labute approximate surface area is 133 Å². The number of hydrogen-bond donors (Lipinski definition) is 3. The van der Waals surface area contributed by atoms with Crippen LogP contribution in [0, 0.1) is 0 Å². The van der Waals surface area contributed by atoms with Crippen molar-refractivity contribution in [3.8, 4) is 5.75 Å². The van der Waals surface area contributed by atoms with Gasteiger partial charge in [-0.1, -0.05) is 26.8 Å². The number of carbonyl (C=O) groups excluding carboxylic acids is 1. The normalized spacial score (nSPS) is 11.1.